The lowest BCUT2D eigenvalue weighted by Gasteiger charge is -2.11. The van der Waals surface area contributed by atoms with E-state index in [0.717, 1.165) is 23.2 Å². The molecule has 1 aromatic carbocycles. The van der Waals surface area contributed by atoms with Gasteiger partial charge in [0.15, 0.2) is 0 Å². The largest absolute Gasteiger partial charge is 0.492 e. The van der Waals surface area contributed by atoms with E-state index in [1.165, 1.54) is 6.07 Å². The first kappa shape index (κ1) is 11.7. The number of nitrogens with one attached hydrogen (secondary N) is 1. The normalized spacial score (nSPS) is 11.0. The molecule has 0 saturated carbocycles. The summed E-state index contributed by atoms with van der Waals surface area (Å²) in [5.74, 6) is 0.779. The molecule has 0 aliphatic heterocycles. The van der Waals surface area contributed by atoms with Crippen LogP contribution < -0.4 is 10.3 Å². The highest BCUT2D eigenvalue weighted by Gasteiger charge is 1.98. The predicted molar refractivity (Wildman–Crippen MR) is 68.6 cm³/mol. The number of aromatic nitrogens is 1. The van der Waals surface area contributed by atoms with Gasteiger partial charge in [-0.15, -0.1) is 0 Å². The molecule has 2 rings (SSSR count). The average molecular weight is 232 g/mol. The first-order valence-electron chi connectivity index (χ1n) is 5.56. The molecule has 1 heterocycles. The summed E-state index contributed by atoms with van der Waals surface area (Å²) in [7, 11) is 4.00. The van der Waals surface area contributed by atoms with Crippen LogP contribution in [0.4, 0.5) is 0 Å². The minimum atomic E-state index is -0.0945. The van der Waals surface area contributed by atoms with Crippen LogP contribution in [-0.2, 0) is 0 Å². The minimum Gasteiger partial charge on any atom is -0.492 e. The Morgan fingerprint density at radius 1 is 1.24 bits per heavy atom. The maximum Gasteiger partial charge on any atom is 0.248 e. The van der Waals surface area contributed by atoms with Gasteiger partial charge in [-0.3, -0.25) is 4.79 Å². The molecule has 0 amide bonds. The topological polar surface area (TPSA) is 45.3 Å². The third-order valence-electron chi connectivity index (χ3n) is 2.50. The third kappa shape index (κ3) is 3.07. The molecule has 1 aromatic heterocycles. The Bertz CT molecular complexity index is 561. The number of hydrogen-bond donors (Lipinski definition) is 1. The van der Waals surface area contributed by atoms with Gasteiger partial charge in [0, 0.05) is 18.7 Å². The number of rotatable bonds is 4. The van der Waals surface area contributed by atoms with Crippen molar-refractivity contribution in [2.75, 3.05) is 27.2 Å². The van der Waals surface area contributed by atoms with Gasteiger partial charge in [0.1, 0.15) is 12.4 Å². The van der Waals surface area contributed by atoms with E-state index < -0.39 is 0 Å². The van der Waals surface area contributed by atoms with E-state index in [4.69, 9.17) is 4.74 Å². The fourth-order valence-electron chi connectivity index (χ4n) is 1.56. The molecule has 1 N–H and O–H groups in total. The average Bonchev–Trinajstić information content (AvgIpc) is 2.28. The van der Waals surface area contributed by atoms with Gasteiger partial charge in [-0.05, 0) is 37.7 Å². The maximum atomic E-state index is 11.2. The van der Waals surface area contributed by atoms with E-state index in [0.29, 0.717) is 6.61 Å². The fourth-order valence-corrected chi connectivity index (χ4v) is 1.56. The Labute approximate surface area is 99.8 Å². The molecule has 17 heavy (non-hydrogen) atoms. The zero-order valence-corrected chi connectivity index (χ0v) is 10.1. The summed E-state index contributed by atoms with van der Waals surface area (Å²) in [6.07, 6.45) is 0. The number of benzene rings is 1. The Morgan fingerprint density at radius 3 is 2.76 bits per heavy atom. The lowest BCUT2D eigenvalue weighted by atomic mass is 10.2. The highest BCUT2D eigenvalue weighted by molar-refractivity contribution is 5.79. The molecule has 0 fully saturated rings. The molecule has 0 atom stereocenters. The van der Waals surface area contributed by atoms with Crippen LogP contribution in [0.3, 0.4) is 0 Å². The van der Waals surface area contributed by atoms with Gasteiger partial charge >= 0.3 is 0 Å². The summed E-state index contributed by atoms with van der Waals surface area (Å²) in [6, 6.07) is 9.03. The van der Waals surface area contributed by atoms with Crippen molar-refractivity contribution in [1.82, 2.24) is 9.88 Å². The maximum absolute atomic E-state index is 11.2. The molecule has 0 radical (unpaired) electrons. The Balaban J connectivity index is 2.16. The summed E-state index contributed by atoms with van der Waals surface area (Å²) in [5.41, 5.74) is 0.711. The summed E-state index contributed by atoms with van der Waals surface area (Å²) in [6.45, 7) is 1.50. The second-order valence-electron chi connectivity index (χ2n) is 4.22. The van der Waals surface area contributed by atoms with Gasteiger partial charge in [-0.1, -0.05) is 0 Å². The molecular formula is C13H16N2O2. The number of aromatic amines is 1. The van der Waals surface area contributed by atoms with Gasteiger partial charge in [0.25, 0.3) is 0 Å². The number of nitrogens with zero attached hydrogens (tertiary/aromatic N) is 1. The molecule has 0 saturated heterocycles. The second-order valence-corrected chi connectivity index (χ2v) is 4.22. The van der Waals surface area contributed by atoms with Crippen molar-refractivity contribution in [1.29, 1.82) is 0 Å². The van der Waals surface area contributed by atoms with Crippen LogP contribution in [0.1, 0.15) is 0 Å². The van der Waals surface area contributed by atoms with Crippen LogP contribution >= 0.6 is 0 Å². The van der Waals surface area contributed by atoms with Crippen molar-refractivity contribution in [3.05, 3.63) is 40.7 Å². The molecule has 2 aromatic rings. The minimum absolute atomic E-state index is 0.0945. The Morgan fingerprint density at radius 2 is 2.00 bits per heavy atom. The monoisotopic (exact) mass is 232 g/mol. The second kappa shape index (κ2) is 5.01. The van der Waals surface area contributed by atoms with Crippen molar-refractivity contribution in [3.63, 3.8) is 0 Å². The van der Waals surface area contributed by atoms with Gasteiger partial charge in [-0.25, -0.2) is 0 Å². The van der Waals surface area contributed by atoms with Crippen LogP contribution in [0.2, 0.25) is 0 Å². The number of H-pyrrole nitrogens is 1. The van der Waals surface area contributed by atoms with Crippen molar-refractivity contribution >= 4 is 10.9 Å². The van der Waals surface area contributed by atoms with Crippen molar-refractivity contribution in [3.8, 4) is 5.75 Å². The van der Waals surface area contributed by atoms with Crippen LogP contribution in [0.25, 0.3) is 10.9 Å². The van der Waals surface area contributed by atoms with Crippen LogP contribution in [0.15, 0.2) is 35.1 Å². The number of ether oxygens (including phenoxy) is 1. The lowest BCUT2D eigenvalue weighted by Crippen LogP contribution is -2.19. The highest BCUT2D eigenvalue weighted by atomic mass is 16.5. The summed E-state index contributed by atoms with van der Waals surface area (Å²) in [4.78, 5) is 16.0. The van der Waals surface area contributed by atoms with E-state index in [1.54, 1.807) is 6.07 Å². The van der Waals surface area contributed by atoms with Crippen molar-refractivity contribution in [2.24, 2.45) is 0 Å². The molecule has 4 heteroatoms. The van der Waals surface area contributed by atoms with Gasteiger partial charge < -0.3 is 14.6 Å². The van der Waals surface area contributed by atoms with Gasteiger partial charge in [0.05, 0.1) is 5.52 Å². The Kier molecular flexibility index (Phi) is 3.44. The third-order valence-corrected chi connectivity index (χ3v) is 2.50. The van der Waals surface area contributed by atoms with Crippen LogP contribution in [0.5, 0.6) is 5.75 Å². The number of fused-ring (bicyclic) bond motifs is 1. The van der Waals surface area contributed by atoms with E-state index >= 15 is 0 Å². The number of likely N-dealkylation sites (N-methyl/N-ethyl adjacent to an activating group) is 1. The smallest absolute Gasteiger partial charge is 0.248 e. The van der Waals surface area contributed by atoms with Crippen molar-refractivity contribution in [2.45, 2.75) is 0 Å². The summed E-state index contributed by atoms with van der Waals surface area (Å²) in [5, 5.41) is 1.00. The van der Waals surface area contributed by atoms with Gasteiger partial charge in [0.2, 0.25) is 5.56 Å². The predicted octanol–water partition coefficient (Wildman–Crippen LogP) is 1.47. The van der Waals surface area contributed by atoms with Crippen molar-refractivity contribution < 1.29 is 4.74 Å². The first-order chi connectivity index (χ1) is 8.15. The molecule has 0 unspecified atom stereocenters. The standard InChI is InChI=1S/C13H16N2O2/c1-15(2)7-8-17-11-5-3-10-4-6-13(16)14-12(10)9-11/h3-6,9H,7-8H2,1-2H3,(H,14,16). The quantitative estimate of drug-likeness (QED) is 0.868. The number of hydrogen-bond acceptors (Lipinski definition) is 3. The fraction of sp³-hybridized carbons (Fsp3) is 0.308. The zero-order chi connectivity index (χ0) is 12.3. The summed E-state index contributed by atoms with van der Waals surface area (Å²) < 4.78 is 5.60. The first-order valence-corrected chi connectivity index (χ1v) is 5.56. The van der Waals surface area contributed by atoms with E-state index in [9.17, 15) is 4.79 Å². The number of pyridine rings is 1. The molecule has 90 valence electrons. The van der Waals surface area contributed by atoms with E-state index in [1.807, 2.05) is 32.3 Å². The van der Waals surface area contributed by atoms with Crippen LogP contribution in [0, 0.1) is 0 Å². The van der Waals surface area contributed by atoms with Gasteiger partial charge in [-0.2, -0.15) is 0 Å². The highest BCUT2D eigenvalue weighted by Crippen LogP contribution is 2.17. The molecule has 4 nitrogen and oxygen atoms in total. The van der Waals surface area contributed by atoms with E-state index in [2.05, 4.69) is 9.88 Å². The summed E-state index contributed by atoms with van der Waals surface area (Å²) >= 11 is 0. The van der Waals surface area contributed by atoms with Crippen LogP contribution in [-0.4, -0.2) is 37.1 Å². The Hall–Kier alpha value is -1.81. The zero-order valence-electron chi connectivity index (χ0n) is 10.1. The SMILES string of the molecule is CN(C)CCOc1ccc2ccc(=O)[nH]c2c1. The molecule has 0 bridgehead atoms. The molecular weight excluding hydrogens is 216 g/mol. The van der Waals surface area contributed by atoms with E-state index in [-0.39, 0.29) is 5.56 Å². The molecule has 0 aliphatic rings. The molecule has 0 spiro atoms. The lowest BCUT2D eigenvalue weighted by molar-refractivity contribution is 0.261. The molecule has 0 aliphatic carbocycles.